The SMILES string of the molecule is C[C@@H](CNC(N)=O)Oc1nc(-c2cccc(C#N)c2)nc(N)c1C(=O)NOCC(C)(C)O. The number of nitrogens with two attached hydrogens (primary N) is 2. The highest BCUT2D eigenvalue weighted by atomic mass is 16.7. The number of nitrogen functional groups attached to an aromatic ring is 1. The fraction of sp³-hybridized carbons (Fsp3) is 0.350. The second-order valence-corrected chi connectivity index (χ2v) is 7.51. The average Bonchev–Trinajstić information content (AvgIpc) is 2.71. The van der Waals surface area contributed by atoms with Crippen molar-refractivity contribution < 1.29 is 24.3 Å². The summed E-state index contributed by atoms with van der Waals surface area (Å²) in [6, 6.07) is 7.77. The van der Waals surface area contributed by atoms with Crippen molar-refractivity contribution in [1.82, 2.24) is 20.8 Å². The summed E-state index contributed by atoms with van der Waals surface area (Å²) in [6.45, 7) is 4.48. The second kappa shape index (κ2) is 10.4. The van der Waals surface area contributed by atoms with E-state index in [1.165, 1.54) is 13.8 Å². The van der Waals surface area contributed by atoms with Gasteiger partial charge in [-0.15, -0.1) is 0 Å². The Morgan fingerprint density at radius 2 is 2.06 bits per heavy atom. The molecule has 1 heterocycles. The molecule has 2 aromatic rings. The van der Waals surface area contributed by atoms with Gasteiger partial charge < -0.3 is 26.6 Å². The minimum Gasteiger partial charge on any atom is -0.472 e. The van der Waals surface area contributed by atoms with E-state index in [2.05, 4.69) is 20.8 Å². The molecule has 1 aromatic heterocycles. The summed E-state index contributed by atoms with van der Waals surface area (Å²) in [4.78, 5) is 37.1. The molecule has 2 rings (SSSR count). The number of ether oxygens (including phenoxy) is 1. The molecule has 32 heavy (non-hydrogen) atoms. The summed E-state index contributed by atoms with van der Waals surface area (Å²) in [5, 5.41) is 21.2. The van der Waals surface area contributed by atoms with E-state index in [0.29, 0.717) is 11.1 Å². The van der Waals surface area contributed by atoms with Gasteiger partial charge in [-0.2, -0.15) is 10.2 Å². The molecule has 0 unspecified atom stereocenters. The quantitative estimate of drug-likeness (QED) is 0.342. The van der Waals surface area contributed by atoms with Crippen molar-refractivity contribution in [3.8, 4) is 23.3 Å². The standard InChI is InChI=1S/C20H25N7O5/c1-11(9-24-19(23)29)32-18-14(17(28)27-31-10-20(2,3)30)15(22)25-16(26-18)13-6-4-5-12(7-13)8-21/h4-7,11,30H,9-10H2,1-3H3,(H,27,28)(H2,22,25,26)(H3,23,24,29)/t11-/m0/s1. The van der Waals surface area contributed by atoms with Crippen LogP contribution in [0.2, 0.25) is 0 Å². The van der Waals surface area contributed by atoms with Crippen LogP contribution in [-0.4, -0.2) is 51.9 Å². The summed E-state index contributed by atoms with van der Waals surface area (Å²) in [5.41, 5.74) is 12.8. The van der Waals surface area contributed by atoms with Crippen molar-refractivity contribution in [3.63, 3.8) is 0 Å². The van der Waals surface area contributed by atoms with Gasteiger partial charge in [0.25, 0.3) is 5.91 Å². The number of hydrogen-bond donors (Lipinski definition) is 5. The molecule has 0 spiro atoms. The molecule has 0 aliphatic heterocycles. The number of rotatable bonds is 9. The van der Waals surface area contributed by atoms with Crippen molar-refractivity contribution in [2.45, 2.75) is 32.5 Å². The third kappa shape index (κ3) is 7.08. The Bertz CT molecular complexity index is 1030. The molecule has 12 nitrogen and oxygen atoms in total. The fourth-order valence-corrected chi connectivity index (χ4v) is 2.42. The zero-order chi connectivity index (χ0) is 23.9. The number of urea groups is 1. The maximum atomic E-state index is 12.7. The van der Waals surface area contributed by atoms with Gasteiger partial charge in [-0.05, 0) is 32.9 Å². The van der Waals surface area contributed by atoms with E-state index in [-0.39, 0.29) is 36.2 Å². The number of benzene rings is 1. The first-order chi connectivity index (χ1) is 15.0. The zero-order valence-corrected chi connectivity index (χ0v) is 17.9. The van der Waals surface area contributed by atoms with Gasteiger partial charge >= 0.3 is 6.03 Å². The van der Waals surface area contributed by atoms with Crippen LogP contribution in [0.1, 0.15) is 36.7 Å². The lowest BCUT2D eigenvalue weighted by atomic mass is 10.1. The number of aliphatic hydroxyl groups is 1. The number of carbonyl (C=O) groups excluding carboxylic acids is 2. The van der Waals surface area contributed by atoms with E-state index in [0.717, 1.165) is 0 Å². The summed E-state index contributed by atoms with van der Waals surface area (Å²) in [7, 11) is 0. The smallest absolute Gasteiger partial charge is 0.312 e. The van der Waals surface area contributed by atoms with Gasteiger partial charge in [0, 0.05) is 5.56 Å². The van der Waals surface area contributed by atoms with Crippen molar-refractivity contribution in [2.75, 3.05) is 18.9 Å². The number of hydroxylamine groups is 1. The Balaban J connectivity index is 2.40. The van der Waals surface area contributed by atoms with Crippen LogP contribution in [0.25, 0.3) is 11.4 Å². The normalized spacial score (nSPS) is 11.8. The maximum Gasteiger partial charge on any atom is 0.312 e. The summed E-state index contributed by atoms with van der Waals surface area (Å²) in [5.74, 6) is -1.04. The van der Waals surface area contributed by atoms with Gasteiger partial charge in [0.15, 0.2) is 5.82 Å². The first-order valence-electron chi connectivity index (χ1n) is 9.52. The van der Waals surface area contributed by atoms with Crippen LogP contribution in [0, 0.1) is 11.3 Å². The van der Waals surface area contributed by atoms with E-state index < -0.39 is 23.6 Å². The highest BCUT2D eigenvalue weighted by Gasteiger charge is 2.24. The Kier molecular flexibility index (Phi) is 7.89. The average molecular weight is 443 g/mol. The van der Waals surface area contributed by atoms with Crippen LogP contribution in [0.4, 0.5) is 10.6 Å². The molecule has 0 bridgehead atoms. The number of carbonyl (C=O) groups is 2. The van der Waals surface area contributed by atoms with Gasteiger partial charge in [-0.25, -0.2) is 15.3 Å². The first-order valence-corrected chi connectivity index (χ1v) is 9.52. The van der Waals surface area contributed by atoms with E-state index in [1.807, 2.05) is 6.07 Å². The van der Waals surface area contributed by atoms with Crippen LogP contribution in [0.5, 0.6) is 5.88 Å². The molecule has 0 radical (unpaired) electrons. The lowest BCUT2D eigenvalue weighted by molar-refractivity contribution is -0.0523. The Morgan fingerprint density at radius 1 is 1.34 bits per heavy atom. The number of nitrogens with zero attached hydrogens (tertiary/aromatic N) is 3. The summed E-state index contributed by atoms with van der Waals surface area (Å²) < 4.78 is 5.73. The topological polar surface area (TPSA) is 198 Å². The Labute approximate surface area is 184 Å². The number of primary amides is 1. The molecule has 12 heteroatoms. The van der Waals surface area contributed by atoms with Gasteiger partial charge in [-0.3, -0.25) is 9.63 Å². The molecule has 0 fully saturated rings. The molecular weight excluding hydrogens is 418 g/mol. The lowest BCUT2D eigenvalue weighted by Gasteiger charge is -2.19. The molecule has 0 saturated heterocycles. The monoisotopic (exact) mass is 443 g/mol. The van der Waals surface area contributed by atoms with Crippen LogP contribution in [0.3, 0.4) is 0 Å². The summed E-state index contributed by atoms with van der Waals surface area (Å²) >= 11 is 0. The molecule has 0 saturated carbocycles. The summed E-state index contributed by atoms with van der Waals surface area (Å²) in [6.07, 6.45) is -0.640. The van der Waals surface area contributed by atoms with Gasteiger partial charge in [0.1, 0.15) is 24.1 Å². The third-order valence-electron chi connectivity index (χ3n) is 3.85. The fourth-order valence-electron chi connectivity index (χ4n) is 2.42. The van der Waals surface area contributed by atoms with Crippen LogP contribution in [0.15, 0.2) is 24.3 Å². The molecular formula is C20H25N7O5. The van der Waals surface area contributed by atoms with Crippen molar-refractivity contribution in [3.05, 3.63) is 35.4 Å². The molecule has 3 amide bonds. The minimum atomic E-state index is -1.18. The first kappa shape index (κ1) is 24.3. The van der Waals surface area contributed by atoms with Crippen LogP contribution >= 0.6 is 0 Å². The predicted octanol–water partition coefficient (Wildman–Crippen LogP) is 0.465. The Hall–Kier alpha value is -3.95. The third-order valence-corrected chi connectivity index (χ3v) is 3.85. The van der Waals surface area contributed by atoms with Gasteiger partial charge in [-0.1, -0.05) is 12.1 Å². The van der Waals surface area contributed by atoms with E-state index in [4.69, 9.17) is 26.3 Å². The molecule has 7 N–H and O–H groups in total. The number of amides is 3. The molecule has 0 aliphatic rings. The molecule has 170 valence electrons. The number of anilines is 1. The molecule has 1 atom stereocenters. The van der Waals surface area contributed by atoms with Crippen LogP contribution < -0.4 is 27.0 Å². The van der Waals surface area contributed by atoms with Crippen molar-refractivity contribution in [2.24, 2.45) is 5.73 Å². The van der Waals surface area contributed by atoms with Crippen molar-refractivity contribution in [1.29, 1.82) is 5.26 Å². The zero-order valence-electron chi connectivity index (χ0n) is 17.9. The highest BCUT2D eigenvalue weighted by Crippen LogP contribution is 2.27. The molecule has 0 aliphatic carbocycles. The lowest BCUT2D eigenvalue weighted by Crippen LogP contribution is -2.37. The Morgan fingerprint density at radius 3 is 2.69 bits per heavy atom. The highest BCUT2D eigenvalue weighted by molar-refractivity contribution is 6.00. The van der Waals surface area contributed by atoms with Crippen molar-refractivity contribution >= 4 is 17.8 Å². The van der Waals surface area contributed by atoms with E-state index >= 15 is 0 Å². The van der Waals surface area contributed by atoms with Crippen LogP contribution in [-0.2, 0) is 4.84 Å². The number of hydrogen-bond acceptors (Lipinski definition) is 9. The predicted molar refractivity (Wildman–Crippen MR) is 114 cm³/mol. The maximum absolute atomic E-state index is 12.7. The number of aromatic nitrogens is 2. The van der Waals surface area contributed by atoms with E-state index in [1.54, 1.807) is 31.2 Å². The van der Waals surface area contributed by atoms with E-state index in [9.17, 15) is 14.7 Å². The second-order valence-electron chi connectivity index (χ2n) is 7.51. The number of nitriles is 1. The molecule has 1 aromatic carbocycles. The minimum absolute atomic E-state index is 0.0365. The largest absolute Gasteiger partial charge is 0.472 e. The van der Waals surface area contributed by atoms with Gasteiger partial charge in [0.2, 0.25) is 5.88 Å². The number of nitrogens with one attached hydrogen (secondary N) is 2. The van der Waals surface area contributed by atoms with Gasteiger partial charge in [0.05, 0.1) is 23.8 Å².